The number of morpholine rings is 1. The van der Waals surface area contributed by atoms with Gasteiger partial charge in [-0.3, -0.25) is 4.90 Å². The van der Waals surface area contributed by atoms with Gasteiger partial charge >= 0.3 is 6.09 Å². The van der Waals surface area contributed by atoms with Crippen LogP contribution in [0.3, 0.4) is 0 Å². The van der Waals surface area contributed by atoms with E-state index in [2.05, 4.69) is 5.16 Å². The third-order valence-corrected chi connectivity index (χ3v) is 5.30. The number of fused-ring (bicyclic) bond motifs is 2. The van der Waals surface area contributed by atoms with Crippen LogP contribution in [0, 0.1) is 0 Å². The van der Waals surface area contributed by atoms with Crippen LogP contribution in [0.25, 0.3) is 11.3 Å². The highest BCUT2D eigenvalue weighted by Crippen LogP contribution is 2.42. The predicted octanol–water partition coefficient (Wildman–Crippen LogP) is 3.33. The zero-order valence-corrected chi connectivity index (χ0v) is 16.4. The first-order valence-corrected chi connectivity index (χ1v) is 9.58. The number of benzene rings is 1. The molecule has 28 heavy (non-hydrogen) atoms. The first-order chi connectivity index (χ1) is 13.3. The smallest absolute Gasteiger partial charge is 0.410 e. The summed E-state index contributed by atoms with van der Waals surface area (Å²) in [5.74, 6) is 0.684. The lowest BCUT2D eigenvalue weighted by Crippen LogP contribution is -2.63. The van der Waals surface area contributed by atoms with Crippen molar-refractivity contribution in [3.8, 4) is 11.3 Å². The summed E-state index contributed by atoms with van der Waals surface area (Å²) in [7, 11) is 0. The molecule has 2 aliphatic heterocycles. The highest BCUT2D eigenvalue weighted by Gasteiger charge is 2.49. The van der Waals surface area contributed by atoms with Gasteiger partial charge in [0.15, 0.2) is 5.76 Å². The number of rotatable bonds is 2. The molecule has 150 valence electrons. The third kappa shape index (κ3) is 3.64. The molecule has 2 saturated heterocycles. The van der Waals surface area contributed by atoms with Gasteiger partial charge in [0.2, 0.25) is 0 Å². The molecule has 2 bridgehead atoms. The van der Waals surface area contributed by atoms with Gasteiger partial charge in [-0.2, -0.15) is 0 Å². The maximum atomic E-state index is 12.7. The number of piperidine rings is 1. The van der Waals surface area contributed by atoms with E-state index in [1.807, 2.05) is 45.0 Å². The van der Waals surface area contributed by atoms with Crippen molar-refractivity contribution in [2.75, 3.05) is 13.2 Å². The maximum absolute atomic E-state index is 12.7. The molecule has 2 aromatic rings. The largest absolute Gasteiger partial charge is 0.444 e. The summed E-state index contributed by atoms with van der Waals surface area (Å²) in [6.45, 7) is 6.36. The molecule has 0 aliphatic carbocycles. The summed E-state index contributed by atoms with van der Waals surface area (Å²) in [6.07, 6.45) is 2.08. The second-order valence-corrected chi connectivity index (χ2v) is 8.63. The summed E-state index contributed by atoms with van der Waals surface area (Å²) < 4.78 is 16.4. The summed E-state index contributed by atoms with van der Waals surface area (Å²) in [5, 5.41) is 15.2. The molecule has 7 nitrogen and oxygen atoms in total. The number of hydrogen-bond acceptors (Lipinski definition) is 6. The Hall–Kier alpha value is -2.38. The average molecular weight is 386 g/mol. The molecule has 1 N–H and O–H groups in total. The van der Waals surface area contributed by atoms with Crippen LogP contribution in [0.1, 0.15) is 39.2 Å². The molecule has 0 spiro atoms. The number of ether oxygens (including phenoxy) is 2. The van der Waals surface area contributed by atoms with Crippen LogP contribution in [-0.2, 0) is 15.1 Å². The van der Waals surface area contributed by atoms with E-state index in [9.17, 15) is 9.90 Å². The number of carbonyl (C=O) groups is 1. The normalized spacial score (nSPS) is 27.5. The second kappa shape index (κ2) is 6.90. The Balaban J connectivity index is 1.55. The first-order valence-electron chi connectivity index (χ1n) is 9.58. The van der Waals surface area contributed by atoms with E-state index < -0.39 is 11.2 Å². The molecule has 2 unspecified atom stereocenters. The van der Waals surface area contributed by atoms with E-state index in [1.165, 1.54) is 0 Å². The van der Waals surface area contributed by atoms with Crippen molar-refractivity contribution < 1.29 is 23.9 Å². The average Bonchev–Trinajstić information content (AvgIpc) is 3.14. The predicted molar refractivity (Wildman–Crippen MR) is 102 cm³/mol. The lowest BCUT2D eigenvalue weighted by molar-refractivity contribution is -0.141. The number of hydrogen-bond donors (Lipinski definition) is 1. The number of amides is 1. The molecule has 2 aliphatic rings. The minimum atomic E-state index is -1.02. The molecular weight excluding hydrogens is 360 g/mol. The Kier molecular flexibility index (Phi) is 4.67. The highest BCUT2D eigenvalue weighted by atomic mass is 16.6. The van der Waals surface area contributed by atoms with Crippen molar-refractivity contribution in [2.45, 2.75) is 56.9 Å². The van der Waals surface area contributed by atoms with Gasteiger partial charge in [-0.05, 0) is 26.3 Å². The first kappa shape index (κ1) is 19.0. The van der Waals surface area contributed by atoms with Crippen molar-refractivity contribution in [3.63, 3.8) is 0 Å². The Bertz CT molecular complexity index is 811. The number of nitrogens with zero attached hydrogens (tertiary/aromatic N) is 2. The lowest BCUT2D eigenvalue weighted by atomic mass is 9.77. The topological polar surface area (TPSA) is 85.0 Å². The summed E-state index contributed by atoms with van der Waals surface area (Å²) in [5.41, 5.74) is 0.157. The SMILES string of the molecule is CC(C)(C)OC(=O)N1C2COCC1CC(O)(c1ccc(-c3ccno3)cc1)C2. The van der Waals surface area contributed by atoms with Crippen molar-refractivity contribution in [1.82, 2.24) is 10.1 Å². The van der Waals surface area contributed by atoms with Gasteiger partial charge in [-0.25, -0.2) is 4.79 Å². The van der Waals surface area contributed by atoms with E-state index in [-0.39, 0.29) is 18.2 Å². The number of aliphatic hydroxyl groups is 1. The molecule has 3 heterocycles. The van der Waals surface area contributed by atoms with Gasteiger partial charge in [0, 0.05) is 24.5 Å². The molecule has 2 atom stereocenters. The van der Waals surface area contributed by atoms with Crippen molar-refractivity contribution in [3.05, 3.63) is 42.1 Å². The molecule has 0 radical (unpaired) electrons. The minimum absolute atomic E-state index is 0.221. The van der Waals surface area contributed by atoms with Crippen LogP contribution in [-0.4, -0.2) is 52.2 Å². The van der Waals surface area contributed by atoms with Gasteiger partial charge in [-0.1, -0.05) is 29.4 Å². The highest BCUT2D eigenvalue weighted by molar-refractivity contribution is 5.69. The molecule has 2 fully saturated rings. The van der Waals surface area contributed by atoms with Gasteiger partial charge in [0.1, 0.15) is 5.60 Å². The van der Waals surface area contributed by atoms with E-state index in [4.69, 9.17) is 14.0 Å². The maximum Gasteiger partial charge on any atom is 0.410 e. The van der Waals surface area contributed by atoms with Crippen LogP contribution in [0.2, 0.25) is 0 Å². The Morgan fingerprint density at radius 2 is 1.82 bits per heavy atom. The molecule has 0 saturated carbocycles. The standard InChI is InChI=1S/C21H26N2O5/c1-20(2,3)27-19(24)23-16-10-21(25,11-17(23)13-26-12-16)15-6-4-14(5-7-15)18-8-9-22-28-18/h4-9,16-17,25H,10-13H2,1-3H3. The molecule has 4 rings (SSSR count). The van der Waals surface area contributed by atoms with Crippen molar-refractivity contribution in [1.29, 1.82) is 0 Å². The van der Waals surface area contributed by atoms with Gasteiger partial charge in [-0.15, -0.1) is 0 Å². The molecule has 1 aromatic carbocycles. The van der Waals surface area contributed by atoms with Crippen molar-refractivity contribution >= 4 is 6.09 Å². The fourth-order valence-electron chi connectivity index (χ4n) is 4.13. The second-order valence-electron chi connectivity index (χ2n) is 8.63. The zero-order chi connectivity index (χ0) is 19.9. The van der Waals surface area contributed by atoms with Crippen LogP contribution in [0.15, 0.2) is 41.1 Å². The third-order valence-electron chi connectivity index (χ3n) is 5.30. The fourth-order valence-corrected chi connectivity index (χ4v) is 4.13. The number of carbonyl (C=O) groups excluding carboxylic acids is 1. The van der Waals surface area contributed by atoms with E-state index in [0.29, 0.717) is 31.8 Å². The molecule has 1 amide bonds. The summed E-state index contributed by atoms with van der Waals surface area (Å²) in [6, 6.07) is 9.02. The van der Waals surface area contributed by atoms with Gasteiger partial charge in [0.25, 0.3) is 0 Å². The van der Waals surface area contributed by atoms with Gasteiger partial charge in [0.05, 0.1) is 37.1 Å². The fraction of sp³-hybridized carbons (Fsp3) is 0.524. The van der Waals surface area contributed by atoms with E-state index >= 15 is 0 Å². The van der Waals surface area contributed by atoms with Crippen LogP contribution in [0.4, 0.5) is 4.79 Å². The van der Waals surface area contributed by atoms with Crippen molar-refractivity contribution in [2.24, 2.45) is 0 Å². The number of aromatic nitrogens is 1. The molecule has 7 heteroatoms. The summed E-state index contributed by atoms with van der Waals surface area (Å²) in [4.78, 5) is 14.5. The Labute approximate surface area is 164 Å². The minimum Gasteiger partial charge on any atom is -0.444 e. The molecular formula is C21H26N2O5. The Morgan fingerprint density at radius 1 is 1.18 bits per heavy atom. The van der Waals surface area contributed by atoms with Gasteiger partial charge < -0.3 is 19.1 Å². The van der Waals surface area contributed by atoms with Crippen LogP contribution >= 0.6 is 0 Å². The van der Waals surface area contributed by atoms with Crippen LogP contribution < -0.4 is 0 Å². The monoisotopic (exact) mass is 386 g/mol. The lowest BCUT2D eigenvalue weighted by Gasteiger charge is -2.51. The van der Waals surface area contributed by atoms with E-state index in [1.54, 1.807) is 17.2 Å². The Morgan fingerprint density at radius 3 is 2.36 bits per heavy atom. The molecule has 1 aromatic heterocycles. The quantitative estimate of drug-likeness (QED) is 0.852. The van der Waals surface area contributed by atoms with Crippen LogP contribution in [0.5, 0.6) is 0 Å². The zero-order valence-electron chi connectivity index (χ0n) is 16.4. The summed E-state index contributed by atoms with van der Waals surface area (Å²) >= 11 is 0. The van der Waals surface area contributed by atoms with E-state index in [0.717, 1.165) is 11.1 Å².